The predicted molar refractivity (Wildman–Crippen MR) is 99.4 cm³/mol. The number of aromatic nitrogens is 3. The molecule has 3 aromatic rings. The number of carbonyl (C=O) groups is 1. The van der Waals surface area contributed by atoms with Crippen LogP contribution >= 0.6 is 0 Å². The molecular weight excluding hydrogens is 349 g/mol. The molecule has 2 heterocycles. The van der Waals surface area contributed by atoms with Crippen molar-refractivity contribution in [2.45, 2.75) is 20.4 Å². The first kappa shape index (κ1) is 18.2. The lowest BCUT2D eigenvalue weighted by molar-refractivity contribution is -0.121. The minimum atomic E-state index is -0.416. The molecule has 0 unspecified atom stereocenters. The maximum atomic E-state index is 13.1. The molecule has 0 fully saturated rings. The maximum absolute atomic E-state index is 13.1. The zero-order valence-electron chi connectivity index (χ0n) is 14.9. The van der Waals surface area contributed by atoms with E-state index in [0.717, 1.165) is 16.9 Å². The molecule has 0 aliphatic carbocycles. The van der Waals surface area contributed by atoms with Gasteiger partial charge in [0.2, 0.25) is 0 Å². The summed E-state index contributed by atoms with van der Waals surface area (Å²) in [6, 6.07) is 10.7. The quantitative estimate of drug-likeness (QED) is 0.553. The first-order chi connectivity index (χ1) is 13.0. The Kier molecular flexibility index (Phi) is 5.25. The van der Waals surface area contributed by atoms with Crippen LogP contribution in [0.5, 0.6) is 0 Å². The van der Waals surface area contributed by atoms with Crippen LogP contribution in [0.15, 0.2) is 58.6 Å². The summed E-state index contributed by atoms with van der Waals surface area (Å²) in [6.45, 7) is 3.56. The maximum Gasteiger partial charge on any atom is 0.260 e. The second kappa shape index (κ2) is 7.77. The molecule has 0 aliphatic rings. The van der Waals surface area contributed by atoms with Crippen LogP contribution in [-0.4, -0.2) is 26.5 Å². The standard InChI is InChI=1S/C19H18FN5O2/c1-13-17(14(2)25(23-13)16-8-6-15(20)7-9-16)11-21-22-18(26)12-24-10-4-3-5-19(24)27/h3-11H,12H2,1-2H3,(H,22,26)/b21-11-. The van der Waals surface area contributed by atoms with Crippen molar-refractivity contribution < 1.29 is 9.18 Å². The number of halogens is 1. The summed E-state index contributed by atoms with van der Waals surface area (Å²) < 4.78 is 16.1. The zero-order chi connectivity index (χ0) is 19.4. The Labute approximate surface area is 154 Å². The Bertz CT molecular complexity index is 1050. The summed E-state index contributed by atoms with van der Waals surface area (Å²) in [6.07, 6.45) is 3.04. The van der Waals surface area contributed by atoms with Crippen molar-refractivity contribution in [1.29, 1.82) is 0 Å². The Hall–Kier alpha value is -3.55. The molecule has 3 rings (SSSR count). The van der Waals surface area contributed by atoms with E-state index in [0.29, 0.717) is 5.69 Å². The van der Waals surface area contributed by atoms with E-state index in [1.54, 1.807) is 28.9 Å². The van der Waals surface area contributed by atoms with Gasteiger partial charge in [-0.15, -0.1) is 0 Å². The van der Waals surface area contributed by atoms with E-state index in [2.05, 4.69) is 15.6 Å². The average Bonchev–Trinajstić information content (AvgIpc) is 2.92. The van der Waals surface area contributed by atoms with Gasteiger partial charge in [-0.05, 0) is 44.2 Å². The van der Waals surface area contributed by atoms with E-state index < -0.39 is 5.91 Å². The number of nitrogens with one attached hydrogen (secondary N) is 1. The highest BCUT2D eigenvalue weighted by molar-refractivity contribution is 5.84. The number of hydrazone groups is 1. The molecule has 7 nitrogen and oxygen atoms in total. The second-order valence-electron chi connectivity index (χ2n) is 5.93. The lowest BCUT2D eigenvalue weighted by atomic mass is 10.2. The summed E-state index contributed by atoms with van der Waals surface area (Å²) in [4.78, 5) is 23.6. The van der Waals surface area contributed by atoms with Crippen LogP contribution in [0.4, 0.5) is 4.39 Å². The van der Waals surface area contributed by atoms with Crippen molar-refractivity contribution in [1.82, 2.24) is 19.8 Å². The van der Waals surface area contributed by atoms with Gasteiger partial charge in [-0.2, -0.15) is 10.2 Å². The van der Waals surface area contributed by atoms with Crippen LogP contribution in [-0.2, 0) is 11.3 Å². The molecule has 0 aliphatic heterocycles. The lowest BCUT2D eigenvalue weighted by Crippen LogP contribution is -2.29. The Morgan fingerprint density at radius 3 is 2.67 bits per heavy atom. The fraction of sp³-hybridized carbons (Fsp3) is 0.158. The normalized spacial score (nSPS) is 11.1. The third kappa shape index (κ3) is 4.17. The molecule has 1 N–H and O–H groups in total. The first-order valence-electron chi connectivity index (χ1n) is 8.25. The minimum Gasteiger partial charge on any atom is -0.306 e. The van der Waals surface area contributed by atoms with Crippen molar-refractivity contribution in [3.63, 3.8) is 0 Å². The van der Waals surface area contributed by atoms with E-state index in [1.807, 2.05) is 13.8 Å². The van der Waals surface area contributed by atoms with Crippen LogP contribution in [0.2, 0.25) is 0 Å². The van der Waals surface area contributed by atoms with E-state index in [4.69, 9.17) is 0 Å². The fourth-order valence-corrected chi connectivity index (χ4v) is 2.63. The highest BCUT2D eigenvalue weighted by atomic mass is 19.1. The molecule has 0 bridgehead atoms. The Morgan fingerprint density at radius 2 is 1.96 bits per heavy atom. The number of hydrogen-bond acceptors (Lipinski definition) is 4. The van der Waals surface area contributed by atoms with Crippen LogP contribution in [0, 0.1) is 19.7 Å². The number of hydrogen-bond donors (Lipinski definition) is 1. The second-order valence-corrected chi connectivity index (χ2v) is 5.93. The van der Waals surface area contributed by atoms with Gasteiger partial charge in [0.15, 0.2) is 0 Å². The fourth-order valence-electron chi connectivity index (χ4n) is 2.63. The minimum absolute atomic E-state index is 0.121. The van der Waals surface area contributed by atoms with Gasteiger partial charge in [-0.25, -0.2) is 14.5 Å². The lowest BCUT2D eigenvalue weighted by Gasteiger charge is -2.04. The van der Waals surface area contributed by atoms with Gasteiger partial charge < -0.3 is 4.57 Å². The summed E-state index contributed by atoms with van der Waals surface area (Å²) >= 11 is 0. The van der Waals surface area contributed by atoms with Crippen molar-refractivity contribution in [3.8, 4) is 5.69 Å². The van der Waals surface area contributed by atoms with E-state index in [1.165, 1.54) is 35.2 Å². The molecule has 138 valence electrons. The highest BCUT2D eigenvalue weighted by Gasteiger charge is 2.11. The van der Waals surface area contributed by atoms with Crippen LogP contribution in [0.3, 0.4) is 0 Å². The molecule has 0 saturated heterocycles. The number of rotatable bonds is 5. The molecule has 0 atom stereocenters. The topological polar surface area (TPSA) is 81.3 Å². The molecular formula is C19H18FN5O2. The summed E-state index contributed by atoms with van der Waals surface area (Å²) in [5.74, 6) is -0.733. The summed E-state index contributed by atoms with van der Waals surface area (Å²) in [5.41, 5.74) is 5.13. The molecule has 1 aromatic carbocycles. The smallest absolute Gasteiger partial charge is 0.260 e. The molecule has 2 aromatic heterocycles. The van der Waals surface area contributed by atoms with E-state index in [9.17, 15) is 14.0 Å². The molecule has 0 saturated carbocycles. The largest absolute Gasteiger partial charge is 0.306 e. The molecule has 0 spiro atoms. The molecule has 1 amide bonds. The van der Waals surface area contributed by atoms with Crippen LogP contribution < -0.4 is 11.0 Å². The monoisotopic (exact) mass is 367 g/mol. The number of nitrogens with zero attached hydrogens (tertiary/aromatic N) is 4. The van der Waals surface area contributed by atoms with Gasteiger partial charge in [-0.1, -0.05) is 6.07 Å². The summed E-state index contributed by atoms with van der Waals surface area (Å²) in [7, 11) is 0. The summed E-state index contributed by atoms with van der Waals surface area (Å²) in [5, 5.41) is 8.39. The SMILES string of the molecule is Cc1nn(-c2ccc(F)cc2)c(C)c1/C=N\NC(=O)Cn1ccccc1=O. The van der Waals surface area contributed by atoms with E-state index >= 15 is 0 Å². The number of aryl methyl sites for hydroxylation is 1. The molecule has 27 heavy (non-hydrogen) atoms. The molecule has 8 heteroatoms. The Morgan fingerprint density at radius 1 is 1.22 bits per heavy atom. The average molecular weight is 367 g/mol. The zero-order valence-corrected chi connectivity index (χ0v) is 14.9. The van der Waals surface area contributed by atoms with Crippen molar-refractivity contribution in [3.05, 3.63) is 81.8 Å². The highest BCUT2D eigenvalue weighted by Crippen LogP contribution is 2.16. The van der Waals surface area contributed by atoms with Crippen LogP contribution in [0.25, 0.3) is 5.69 Å². The Balaban J connectivity index is 1.72. The van der Waals surface area contributed by atoms with Gasteiger partial charge in [-0.3, -0.25) is 9.59 Å². The van der Waals surface area contributed by atoms with Crippen LogP contribution in [0.1, 0.15) is 17.0 Å². The third-order valence-electron chi connectivity index (χ3n) is 4.01. The first-order valence-corrected chi connectivity index (χ1v) is 8.25. The van der Waals surface area contributed by atoms with Gasteiger partial charge in [0.25, 0.3) is 11.5 Å². The third-order valence-corrected chi connectivity index (χ3v) is 4.01. The number of pyridine rings is 1. The van der Waals surface area contributed by atoms with Gasteiger partial charge in [0.1, 0.15) is 12.4 Å². The molecule has 0 radical (unpaired) electrons. The van der Waals surface area contributed by atoms with Gasteiger partial charge in [0, 0.05) is 17.8 Å². The van der Waals surface area contributed by atoms with Gasteiger partial charge in [0.05, 0.1) is 23.3 Å². The number of amides is 1. The van der Waals surface area contributed by atoms with Crippen molar-refractivity contribution >= 4 is 12.1 Å². The number of benzene rings is 1. The number of carbonyl (C=O) groups excluding carboxylic acids is 1. The van der Waals surface area contributed by atoms with Crippen molar-refractivity contribution in [2.24, 2.45) is 5.10 Å². The predicted octanol–water partition coefficient (Wildman–Crippen LogP) is 1.94. The van der Waals surface area contributed by atoms with E-state index in [-0.39, 0.29) is 17.9 Å². The van der Waals surface area contributed by atoms with Crippen molar-refractivity contribution in [2.75, 3.05) is 0 Å². The van der Waals surface area contributed by atoms with Gasteiger partial charge >= 0.3 is 0 Å².